The summed E-state index contributed by atoms with van der Waals surface area (Å²) in [5.41, 5.74) is 6.89. The number of halogens is 2. The zero-order valence-electron chi connectivity index (χ0n) is 8.67. The van der Waals surface area contributed by atoms with Crippen LogP contribution >= 0.6 is 23.2 Å². The second kappa shape index (κ2) is 6.33. The van der Waals surface area contributed by atoms with E-state index in [9.17, 15) is 0 Å². The minimum absolute atomic E-state index is 0.0244. The fourth-order valence-electron chi connectivity index (χ4n) is 1.30. The molecule has 2 nitrogen and oxygen atoms in total. The highest BCUT2D eigenvalue weighted by Crippen LogP contribution is 2.21. The van der Waals surface area contributed by atoms with Crippen molar-refractivity contribution in [1.29, 1.82) is 0 Å². The monoisotopic (exact) mass is 247 g/mol. The standard InChI is InChI=1S/C11H15Cl2NO/c1-2-15-7-10(14)5-8-3-4-9(12)6-11(8)13/h3-4,6,10H,2,5,7,14H2,1H3. The lowest BCUT2D eigenvalue weighted by Gasteiger charge is -2.12. The second-order valence-electron chi connectivity index (χ2n) is 3.36. The Balaban J connectivity index is 2.56. The summed E-state index contributed by atoms with van der Waals surface area (Å²) in [6, 6.07) is 5.42. The third kappa shape index (κ3) is 4.39. The first-order valence-electron chi connectivity index (χ1n) is 4.90. The highest BCUT2D eigenvalue weighted by atomic mass is 35.5. The molecule has 0 aliphatic rings. The Hall–Kier alpha value is -0.280. The van der Waals surface area contributed by atoms with Gasteiger partial charge in [-0.05, 0) is 31.0 Å². The molecule has 4 heteroatoms. The Labute approximate surface area is 100 Å². The van der Waals surface area contributed by atoms with Gasteiger partial charge in [-0.2, -0.15) is 0 Å². The lowest BCUT2D eigenvalue weighted by atomic mass is 10.1. The molecular formula is C11H15Cl2NO. The lowest BCUT2D eigenvalue weighted by Crippen LogP contribution is -2.28. The van der Waals surface area contributed by atoms with Gasteiger partial charge in [0, 0.05) is 22.7 Å². The van der Waals surface area contributed by atoms with Gasteiger partial charge in [0.25, 0.3) is 0 Å². The van der Waals surface area contributed by atoms with Crippen LogP contribution in [0.2, 0.25) is 10.0 Å². The normalized spacial score (nSPS) is 12.8. The average Bonchev–Trinajstić information content (AvgIpc) is 2.19. The quantitative estimate of drug-likeness (QED) is 0.869. The van der Waals surface area contributed by atoms with Crippen molar-refractivity contribution in [3.8, 4) is 0 Å². The molecule has 84 valence electrons. The largest absolute Gasteiger partial charge is 0.380 e. The summed E-state index contributed by atoms with van der Waals surface area (Å²) >= 11 is 11.8. The topological polar surface area (TPSA) is 35.2 Å². The number of benzene rings is 1. The van der Waals surface area contributed by atoms with E-state index in [4.69, 9.17) is 33.7 Å². The van der Waals surface area contributed by atoms with Crippen molar-refractivity contribution >= 4 is 23.2 Å². The van der Waals surface area contributed by atoms with Gasteiger partial charge >= 0.3 is 0 Å². The molecular weight excluding hydrogens is 233 g/mol. The Morgan fingerprint density at radius 2 is 2.13 bits per heavy atom. The van der Waals surface area contributed by atoms with E-state index in [1.54, 1.807) is 6.07 Å². The number of hydrogen-bond acceptors (Lipinski definition) is 2. The molecule has 0 radical (unpaired) electrons. The third-order valence-corrected chi connectivity index (χ3v) is 2.62. The number of hydrogen-bond donors (Lipinski definition) is 1. The summed E-state index contributed by atoms with van der Waals surface area (Å²) in [6.45, 7) is 3.18. The van der Waals surface area contributed by atoms with E-state index in [0.717, 1.165) is 5.56 Å². The maximum atomic E-state index is 6.03. The Kier molecular flexibility index (Phi) is 5.40. The van der Waals surface area contributed by atoms with E-state index < -0.39 is 0 Å². The summed E-state index contributed by atoms with van der Waals surface area (Å²) in [6.07, 6.45) is 0.704. The van der Waals surface area contributed by atoms with Crippen LogP contribution in [0.3, 0.4) is 0 Å². The van der Waals surface area contributed by atoms with Crippen LogP contribution in [0.1, 0.15) is 12.5 Å². The van der Waals surface area contributed by atoms with Crippen molar-refractivity contribution in [2.75, 3.05) is 13.2 Å². The minimum Gasteiger partial charge on any atom is -0.380 e. The first-order valence-corrected chi connectivity index (χ1v) is 5.66. The van der Waals surface area contributed by atoms with Crippen LogP contribution in [0.4, 0.5) is 0 Å². The van der Waals surface area contributed by atoms with Crippen molar-refractivity contribution in [1.82, 2.24) is 0 Å². The van der Waals surface area contributed by atoms with Gasteiger partial charge in [-0.1, -0.05) is 29.3 Å². The highest BCUT2D eigenvalue weighted by molar-refractivity contribution is 6.35. The van der Waals surface area contributed by atoms with Crippen molar-refractivity contribution in [3.63, 3.8) is 0 Å². The molecule has 1 aromatic carbocycles. The number of nitrogens with two attached hydrogens (primary N) is 1. The van der Waals surface area contributed by atoms with Gasteiger partial charge < -0.3 is 10.5 Å². The average molecular weight is 248 g/mol. The lowest BCUT2D eigenvalue weighted by molar-refractivity contribution is 0.133. The van der Waals surface area contributed by atoms with Crippen LogP contribution < -0.4 is 5.73 Å². The molecule has 2 N–H and O–H groups in total. The molecule has 0 bridgehead atoms. The predicted molar refractivity (Wildman–Crippen MR) is 64.6 cm³/mol. The van der Waals surface area contributed by atoms with Crippen LogP contribution in [0, 0.1) is 0 Å². The fourth-order valence-corrected chi connectivity index (χ4v) is 1.78. The smallest absolute Gasteiger partial charge is 0.0620 e. The molecule has 1 unspecified atom stereocenters. The molecule has 1 atom stereocenters. The van der Waals surface area contributed by atoms with E-state index in [1.807, 2.05) is 19.1 Å². The molecule has 0 saturated heterocycles. The van der Waals surface area contributed by atoms with Gasteiger partial charge in [0.2, 0.25) is 0 Å². The van der Waals surface area contributed by atoms with E-state index in [1.165, 1.54) is 0 Å². The van der Waals surface area contributed by atoms with Gasteiger partial charge in [0.15, 0.2) is 0 Å². The Morgan fingerprint density at radius 1 is 1.40 bits per heavy atom. The molecule has 0 heterocycles. The molecule has 0 amide bonds. The van der Waals surface area contributed by atoms with Crippen molar-refractivity contribution in [2.24, 2.45) is 5.73 Å². The summed E-state index contributed by atoms with van der Waals surface area (Å²) in [4.78, 5) is 0. The van der Waals surface area contributed by atoms with Crippen molar-refractivity contribution < 1.29 is 4.74 Å². The molecule has 15 heavy (non-hydrogen) atoms. The summed E-state index contributed by atoms with van der Waals surface area (Å²) in [7, 11) is 0. The third-order valence-electron chi connectivity index (χ3n) is 2.03. The molecule has 0 aliphatic heterocycles. The van der Waals surface area contributed by atoms with E-state index in [2.05, 4.69) is 0 Å². The van der Waals surface area contributed by atoms with Crippen LogP contribution in [0.25, 0.3) is 0 Å². The summed E-state index contributed by atoms with van der Waals surface area (Å²) in [5.74, 6) is 0. The van der Waals surface area contributed by atoms with Gasteiger partial charge in [0.1, 0.15) is 0 Å². The summed E-state index contributed by atoms with van der Waals surface area (Å²) < 4.78 is 5.24. The molecule has 0 saturated carbocycles. The minimum atomic E-state index is -0.0244. The molecule has 1 aromatic rings. The predicted octanol–water partition coefficient (Wildman–Crippen LogP) is 2.90. The Morgan fingerprint density at radius 3 is 2.73 bits per heavy atom. The SMILES string of the molecule is CCOCC(N)Cc1ccc(Cl)cc1Cl. The van der Waals surface area contributed by atoms with Crippen LogP contribution in [-0.2, 0) is 11.2 Å². The van der Waals surface area contributed by atoms with Crippen LogP contribution in [-0.4, -0.2) is 19.3 Å². The van der Waals surface area contributed by atoms with Crippen LogP contribution in [0.5, 0.6) is 0 Å². The highest BCUT2D eigenvalue weighted by Gasteiger charge is 2.07. The maximum absolute atomic E-state index is 6.03. The van der Waals surface area contributed by atoms with Gasteiger partial charge in [-0.25, -0.2) is 0 Å². The molecule has 0 aliphatic carbocycles. The van der Waals surface area contributed by atoms with E-state index in [0.29, 0.717) is 29.7 Å². The molecule has 0 aromatic heterocycles. The first kappa shape index (κ1) is 12.8. The van der Waals surface area contributed by atoms with Crippen molar-refractivity contribution in [2.45, 2.75) is 19.4 Å². The van der Waals surface area contributed by atoms with Gasteiger partial charge in [-0.15, -0.1) is 0 Å². The van der Waals surface area contributed by atoms with E-state index in [-0.39, 0.29) is 6.04 Å². The Bertz CT molecular complexity index is 317. The molecule has 1 rings (SSSR count). The number of rotatable bonds is 5. The van der Waals surface area contributed by atoms with Crippen LogP contribution in [0.15, 0.2) is 18.2 Å². The van der Waals surface area contributed by atoms with E-state index >= 15 is 0 Å². The molecule has 0 fully saturated rings. The fraction of sp³-hybridized carbons (Fsp3) is 0.455. The molecule has 0 spiro atoms. The maximum Gasteiger partial charge on any atom is 0.0620 e. The number of ether oxygens (including phenoxy) is 1. The van der Waals surface area contributed by atoms with Gasteiger partial charge in [0.05, 0.1) is 6.61 Å². The summed E-state index contributed by atoms with van der Waals surface area (Å²) in [5, 5.41) is 1.30. The van der Waals surface area contributed by atoms with Gasteiger partial charge in [-0.3, -0.25) is 0 Å². The second-order valence-corrected chi connectivity index (χ2v) is 4.20. The zero-order chi connectivity index (χ0) is 11.3. The zero-order valence-corrected chi connectivity index (χ0v) is 10.2. The first-order chi connectivity index (χ1) is 7.13. The van der Waals surface area contributed by atoms with Crippen molar-refractivity contribution in [3.05, 3.63) is 33.8 Å².